The van der Waals surface area contributed by atoms with E-state index < -0.39 is 0 Å². The molecule has 250 valence electrons. The molecule has 5 heteroatoms. The second-order valence-corrected chi connectivity index (χ2v) is 14.4. The maximum absolute atomic E-state index is 6.12. The van der Waals surface area contributed by atoms with Crippen LogP contribution in [0.5, 0.6) is 0 Å². The number of aromatic nitrogens is 4. The Morgan fingerprint density at radius 2 is 1.09 bits per heavy atom. The predicted molar refractivity (Wildman–Crippen MR) is 215 cm³/mol. The van der Waals surface area contributed by atoms with Crippen LogP contribution in [0.2, 0.25) is 0 Å². The summed E-state index contributed by atoms with van der Waals surface area (Å²) in [6, 6.07) is 55.3. The molecule has 7 aromatic carbocycles. The first kappa shape index (κ1) is 29.8. The second kappa shape index (κ2) is 11.1. The van der Waals surface area contributed by atoms with Crippen LogP contribution in [-0.2, 0) is 5.41 Å². The van der Waals surface area contributed by atoms with Gasteiger partial charge in [0.1, 0.15) is 11.2 Å². The average Bonchev–Trinajstić information content (AvgIpc) is 3.83. The number of para-hydroxylation sites is 2. The first-order valence-corrected chi connectivity index (χ1v) is 18.0. The van der Waals surface area contributed by atoms with Gasteiger partial charge in [0.15, 0.2) is 17.5 Å². The van der Waals surface area contributed by atoms with Crippen molar-refractivity contribution in [3.05, 3.63) is 169 Å². The summed E-state index contributed by atoms with van der Waals surface area (Å²) >= 11 is 0. The van der Waals surface area contributed by atoms with Gasteiger partial charge in [0, 0.05) is 49.3 Å². The fourth-order valence-corrected chi connectivity index (χ4v) is 8.59. The van der Waals surface area contributed by atoms with Crippen LogP contribution in [0.25, 0.3) is 94.7 Å². The molecule has 0 saturated carbocycles. The Morgan fingerprint density at radius 1 is 0.472 bits per heavy atom. The van der Waals surface area contributed by atoms with Gasteiger partial charge < -0.3 is 8.98 Å². The van der Waals surface area contributed by atoms with E-state index in [-0.39, 0.29) is 5.41 Å². The second-order valence-electron chi connectivity index (χ2n) is 14.4. The quantitative estimate of drug-likeness (QED) is 0.186. The van der Waals surface area contributed by atoms with Crippen molar-refractivity contribution in [1.29, 1.82) is 0 Å². The van der Waals surface area contributed by atoms with Crippen LogP contribution in [-0.4, -0.2) is 19.5 Å². The maximum Gasteiger partial charge on any atom is 0.164 e. The fraction of sp³-hybridized carbons (Fsp3) is 0.0625. The van der Waals surface area contributed by atoms with E-state index in [1.165, 1.54) is 44.1 Å². The zero-order valence-electron chi connectivity index (χ0n) is 29.2. The zero-order valence-corrected chi connectivity index (χ0v) is 29.2. The van der Waals surface area contributed by atoms with E-state index in [2.05, 4.69) is 115 Å². The summed E-state index contributed by atoms with van der Waals surface area (Å²) < 4.78 is 8.51. The smallest absolute Gasteiger partial charge is 0.164 e. The van der Waals surface area contributed by atoms with E-state index in [1.807, 2.05) is 60.7 Å². The molecule has 0 unspecified atom stereocenters. The Bertz CT molecular complexity index is 3080. The highest BCUT2D eigenvalue weighted by atomic mass is 16.3. The molecule has 1 aliphatic rings. The molecule has 0 radical (unpaired) electrons. The number of benzene rings is 7. The third kappa shape index (κ3) is 4.40. The van der Waals surface area contributed by atoms with Gasteiger partial charge in [0.05, 0.1) is 11.0 Å². The summed E-state index contributed by atoms with van der Waals surface area (Å²) in [5.74, 6) is 1.87. The van der Waals surface area contributed by atoms with E-state index in [0.29, 0.717) is 17.5 Å². The summed E-state index contributed by atoms with van der Waals surface area (Å²) in [6.45, 7) is 4.72. The largest absolute Gasteiger partial charge is 0.456 e. The van der Waals surface area contributed by atoms with Crippen molar-refractivity contribution in [2.45, 2.75) is 19.3 Å². The minimum atomic E-state index is -0.119. The van der Waals surface area contributed by atoms with Gasteiger partial charge in [-0.3, -0.25) is 0 Å². The summed E-state index contributed by atoms with van der Waals surface area (Å²) in [5, 5.41) is 4.69. The lowest BCUT2D eigenvalue weighted by Crippen LogP contribution is -2.15. The highest BCUT2D eigenvalue weighted by Crippen LogP contribution is 2.53. The van der Waals surface area contributed by atoms with Gasteiger partial charge in [0.25, 0.3) is 0 Å². The van der Waals surface area contributed by atoms with Crippen molar-refractivity contribution < 1.29 is 4.42 Å². The number of nitrogens with zero attached hydrogens (tertiary/aromatic N) is 4. The molecule has 5 nitrogen and oxygen atoms in total. The summed E-state index contributed by atoms with van der Waals surface area (Å²) in [6.07, 6.45) is 0. The molecule has 53 heavy (non-hydrogen) atoms. The van der Waals surface area contributed by atoms with Crippen LogP contribution in [0, 0.1) is 0 Å². The Hall–Kier alpha value is -6.85. The molecule has 3 aromatic heterocycles. The normalized spacial score (nSPS) is 13.2. The topological polar surface area (TPSA) is 56.7 Å². The summed E-state index contributed by atoms with van der Waals surface area (Å²) in [7, 11) is 0. The zero-order chi connectivity index (χ0) is 35.3. The van der Waals surface area contributed by atoms with Crippen LogP contribution >= 0.6 is 0 Å². The van der Waals surface area contributed by atoms with Crippen molar-refractivity contribution >= 4 is 43.7 Å². The molecular formula is C48H32N4O. The molecule has 0 atom stereocenters. The van der Waals surface area contributed by atoms with Gasteiger partial charge in [-0.05, 0) is 82.9 Å². The highest BCUT2D eigenvalue weighted by molar-refractivity contribution is 6.14. The standard InChI is InChI=1S/C48H32N4O/c1-48(2)38-17-9-6-14-33(38)35-25-26-40-43(44(35)48)36-16-7-10-18-39(36)52(40)32-23-20-30(21-24-32)46-49-45(29-12-4-3-5-13-29)50-47(51-46)31-22-27-42-37(28-31)34-15-8-11-19-41(34)53-42/h3-28H,1-2H3. The molecule has 0 spiro atoms. The van der Waals surface area contributed by atoms with Crippen LogP contribution in [0.1, 0.15) is 25.0 Å². The van der Waals surface area contributed by atoms with Crippen molar-refractivity contribution in [3.8, 4) is 51.0 Å². The molecule has 1 aliphatic carbocycles. The van der Waals surface area contributed by atoms with Crippen LogP contribution in [0.15, 0.2) is 162 Å². The molecule has 0 aliphatic heterocycles. The van der Waals surface area contributed by atoms with Gasteiger partial charge in [-0.25, -0.2) is 15.0 Å². The number of hydrogen-bond donors (Lipinski definition) is 0. The van der Waals surface area contributed by atoms with Crippen molar-refractivity contribution in [2.24, 2.45) is 0 Å². The minimum Gasteiger partial charge on any atom is -0.456 e. The molecule has 11 rings (SSSR count). The third-order valence-corrected chi connectivity index (χ3v) is 11.0. The Kier molecular flexibility index (Phi) is 6.23. The van der Waals surface area contributed by atoms with Gasteiger partial charge >= 0.3 is 0 Å². The number of furan rings is 1. The highest BCUT2D eigenvalue weighted by Gasteiger charge is 2.38. The van der Waals surface area contributed by atoms with Crippen LogP contribution in [0.4, 0.5) is 0 Å². The first-order chi connectivity index (χ1) is 26.0. The summed E-state index contributed by atoms with van der Waals surface area (Å²) in [5.41, 5.74) is 13.3. The number of hydrogen-bond acceptors (Lipinski definition) is 4. The monoisotopic (exact) mass is 680 g/mol. The van der Waals surface area contributed by atoms with Crippen LogP contribution in [0.3, 0.4) is 0 Å². The Morgan fingerprint density at radius 3 is 1.91 bits per heavy atom. The van der Waals surface area contributed by atoms with Gasteiger partial charge in [-0.15, -0.1) is 0 Å². The lowest BCUT2D eigenvalue weighted by molar-refractivity contribution is 0.666. The van der Waals surface area contributed by atoms with Crippen LogP contribution < -0.4 is 0 Å². The first-order valence-electron chi connectivity index (χ1n) is 18.0. The fourth-order valence-electron chi connectivity index (χ4n) is 8.59. The molecule has 0 N–H and O–H groups in total. The Labute approximate surface area is 305 Å². The number of rotatable bonds is 4. The van der Waals surface area contributed by atoms with Gasteiger partial charge in [0.2, 0.25) is 0 Å². The molecule has 0 amide bonds. The van der Waals surface area contributed by atoms with E-state index in [9.17, 15) is 0 Å². The molecule has 10 aromatic rings. The SMILES string of the molecule is CC1(C)c2ccccc2-c2ccc3c(c21)c1ccccc1n3-c1ccc(-c2nc(-c3ccccc3)nc(-c3ccc4oc5ccccc5c4c3)n2)cc1. The molecule has 0 saturated heterocycles. The summed E-state index contributed by atoms with van der Waals surface area (Å²) in [4.78, 5) is 15.1. The van der Waals surface area contributed by atoms with E-state index in [1.54, 1.807) is 0 Å². The van der Waals surface area contributed by atoms with Gasteiger partial charge in [-0.1, -0.05) is 111 Å². The molecular weight excluding hydrogens is 649 g/mol. The lowest BCUT2D eigenvalue weighted by Gasteiger charge is -2.22. The third-order valence-electron chi connectivity index (χ3n) is 11.0. The molecule has 3 heterocycles. The van der Waals surface area contributed by atoms with E-state index in [4.69, 9.17) is 19.4 Å². The average molecular weight is 681 g/mol. The predicted octanol–water partition coefficient (Wildman–Crippen LogP) is 12.2. The van der Waals surface area contributed by atoms with Crippen molar-refractivity contribution in [3.63, 3.8) is 0 Å². The maximum atomic E-state index is 6.12. The lowest BCUT2D eigenvalue weighted by atomic mass is 9.80. The van der Waals surface area contributed by atoms with Crippen molar-refractivity contribution in [1.82, 2.24) is 19.5 Å². The number of fused-ring (bicyclic) bond motifs is 10. The Balaban J connectivity index is 1.06. The molecule has 0 bridgehead atoms. The van der Waals surface area contributed by atoms with Gasteiger partial charge in [-0.2, -0.15) is 0 Å². The molecule has 0 fully saturated rings. The van der Waals surface area contributed by atoms with Crippen molar-refractivity contribution in [2.75, 3.05) is 0 Å². The minimum absolute atomic E-state index is 0.119. The van der Waals surface area contributed by atoms with E-state index >= 15 is 0 Å². The van der Waals surface area contributed by atoms with E-state index in [0.717, 1.165) is 44.3 Å².